The Morgan fingerprint density at radius 3 is 2.45 bits per heavy atom. The molecule has 1 amide bonds. The van der Waals surface area contributed by atoms with Gasteiger partial charge in [-0.1, -0.05) is 36.6 Å². The predicted octanol–water partition coefficient (Wildman–Crippen LogP) is 2.13. The molecule has 7 nitrogen and oxygen atoms in total. The van der Waals surface area contributed by atoms with Crippen molar-refractivity contribution >= 4 is 17.5 Å². The highest BCUT2D eigenvalue weighted by Crippen LogP contribution is 2.32. The van der Waals surface area contributed by atoms with Gasteiger partial charge in [-0.2, -0.15) is 5.10 Å². The van der Waals surface area contributed by atoms with E-state index in [0.717, 1.165) is 38.2 Å². The number of benzene rings is 1. The summed E-state index contributed by atoms with van der Waals surface area (Å²) >= 11 is 5.93. The maximum Gasteiger partial charge on any atom is 0.239 e. The van der Waals surface area contributed by atoms with Gasteiger partial charge in [0.05, 0.1) is 12.1 Å². The van der Waals surface area contributed by atoms with Crippen LogP contribution >= 0.6 is 11.6 Å². The van der Waals surface area contributed by atoms with Gasteiger partial charge in [0, 0.05) is 37.2 Å². The summed E-state index contributed by atoms with van der Waals surface area (Å²) in [6, 6.07) is 7.86. The lowest BCUT2D eigenvalue weighted by Gasteiger charge is -2.44. The Morgan fingerprint density at radius 1 is 1.10 bits per heavy atom. The molecule has 2 fully saturated rings. The van der Waals surface area contributed by atoms with E-state index in [0.29, 0.717) is 23.5 Å². The third kappa shape index (κ3) is 4.79. The van der Waals surface area contributed by atoms with E-state index >= 15 is 0 Å². The second-order valence-corrected chi connectivity index (χ2v) is 8.53. The van der Waals surface area contributed by atoms with E-state index in [2.05, 4.69) is 15.0 Å². The van der Waals surface area contributed by atoms with Gasteiger partial charge in [-0.15, -0.1) is 0 Å². The summed E-state index contributed by atoms with van der Waals surface area (Å²) < 4.78 is 2.02. The summed E-state index contributed by atoms with van der Waals surface area (Å²) in [6.07, 6.45) is 8.78. The van der Waals surface area contributed by atoms with Gasteiger partial charge in [-0.25, -0.2) is 9.67 Å². The molecule has 0 unspecified atom stereocenters. The van der Waals surface area contributed by atoms with Crippen LogP contribution in [-0.4, -0.2) is 68.7 Å². The summed E-state index contributed by atoms with van der Waals surface area (Å²) in [5.74, 6) is 0.0380. The monoisotopic (exact) mass is 416 g/mol. The van der Waals surface area contributed by atoms with Gasteiger partial charge in [0.2, 0.25) is 5.91 Å². The quantitative estimate of drug-likeness (QED) is 0.807. The Balaban J connectivity index is 1.32. The molecule has 0 spiro atoms. The van der Waals surface area contributed by atoms with Crippen LogP contribution in [0.2, 0.25) is 5.02 Å². The van der Waals surface area contributed by atoms with Crippen LogP contribution in [0.1, 0.15) is 37.3 Å². The van der Waals surface area contributed by atoms with E-state index in [1.807, 2.05) is 40.2 Å². The van der Waals surface area contributed by atoms with Gasteiger partial charge < -0.3 is 10.6 Å². The molecule has 156 valence electrons. The highest BCUT2D eigenvalue weighted by Gasteiger charge is 2.35. The van der Waals surface area contributed by atoms with Gasteiger partial charge in [0.1, 0.15) is 12.7 Å². The number of hydrogen-bond donors (Lipinski definition) is 1. The molecule has 2 heterocycles. The largest absolute Gasteiger partial charge is 0.339 e. The zero-order chi connectivity index (χ0) is 20.2. The van der Waals surface area contributed by atoms with Crippen LogP contribution < -0.4 is 5.73 Å². The molecule has 1 aliphatic heterocycles. The van der Waals surface area contributed by atoms with Crippen molar-refractivity contribution in [2.45, 2.75) is 50.2 Å². The number of carbonyl (C=O) groups is 1. The minimum absolute atomic E-state index is 0.0380. The predicted molar refractivity (Wildman–Crippen MR) is 113 cm³/mol. The minimum Gasteiger partial charge on any atom is -0.339 e. The van der Waals surface area contributed by atoms with Crippen LogP contribution in [0.25, 0.3) is 0 Å². The smallest absolute Gasteiger partial charge is 0.239 e. The number of hydrogen-bond acceptors (Lipinski definition) is 5. The zero-order valence-electron chi connectivity index (χ0n) is 16.7. The van der Waals surface area contributed by atoms with Gasteiger partial charge in [0.15, 0.2) is 0 Å². The maximum atomic E-state index is 12.8. The fraction of sp³-hybridized carbons (Fsp3) is 0.571. The molecule has 3 atom stereocenters. The minimum atomic E-state index is -0.514. The molecule has 1 aliphatic carbocycles. The number of carbonyl (C=O) groups excluding carboxylic acids is 1. The first-order valence-corrected chi connectivity index (χ1v) is 10.9. The van der Waals surface area contributed by atoms with Crippen LogP contribution in [-0.2, 0) is 11.2 Å². The van der Waals surface area contributed by atoms with E-state index in [1.54, 1.807) is 6.33 Å². The van der Waals surface area contributed by atoms with Crippen molar-refractivity contribution in [3.8, 4) is 0 Å². The second kappa shape index (κ2) is 9.24. The fourth-order valence-electron chi connectivity index (χ4n) is 4.69. The molecule has 0 radical (unpaired) electrons. The molecule has 1 aromatic heterocycles. The Morgan fingerprint density at radius 2 is 1.79 bits per heavy atom. The van der Waals surface area contributed by atoms with Gasteiger partial charge >= 0.3 is 0 Å². The van der Waals surface area contributed by atoms with Crippen LogP contribution in [0.4, 0.5) is 0 Å². The number of nitrogens with zero attached hydrogens (tertiary/aromatic N) is 5. The highest BCUT2D eigenvalue weighted by atomic mass is 35.5. The average molecular weight is 417 g/mol. The van der Waals surface area contributed by atoms with Gasteiger partial charge in [-0.05, 0) is 37.0 Å². The van der Waals surface area contributed by atoms with E-state index in [-0.39, 0.29) is 5.91 Å². The van der Waals surface area contributed by atoms with E-state index in [1.165, 1.54) is 19.3 Å². The van der Waals surface area contributed by atoms with Crippen molar-refractivity contribution in [1.29, 1.82) is 0 Å². The van der Waals surface area contributed by atoms with Crippen LogP contribution in [0.5, 0.6) is 0 Å². The Labute approximate surface area is 176 Å². The van der Waals surface area contributed by atoms with Crippen LogP contribution in [0.15, 0.2) is 36.9 Å². The third-order valence-corrected chi connectivity index (χ3v) is 6.50. The average Bonchev–Trinajstić information content (AvgIpc) is 3.30. The van der Waals surface area contributed by atoms with Crippen LogP contribution in [0, 0.1) is 0 Å². The zero-order valence-corrected chi connectivity index (χ0v) is 17.4. The fourth-order valence-corrected chi connectivity index (χ4v) is 4.81. The topological polar surface area (TPSA) is 80.3 Å². The van der Waals surface area contributed by atoms with E-state index < -0.39 is 6.04 Å². The number of nitrogens with two attached hydrogens (primary N) is 1. The number of rotatable bonds is 5. The van der Waals surface area contributed by atoms with E-state index in [4.69, 9.17) is 17.3 Å². The number of halogens is 1. The molecule has 4 rings (SSSR count). The molecule has 0 bridgehead atoms. The second-order valence-electron chi connectivity index (χ2n) is 8.09. The molecular weight excluding hydrogens is 388 g/mol. The first-order chi connectivity index (χ1) is 14.1. The first-order valence-electron chi connectivity index (χ1n) is 10.5. The molecule has 1 saturated carbocycles. The van der Waals surface area contributed by atoms with Crippen molar-refractivity contribution in [1.82, 2.24) is 24.6 Å². The standard InChI is InChI=1S/C21H29ClN6O/c22-17-7-5-16(6-8-17)13-18(23)21(29)27-11-9-26(10-12-27)19-3-1-2-4-20(19)28-15-24-14-25-28/h5-8,14-15,18-20H,1-4,9-13,23H2/t18-,19+,20+/m1/s1. The van der Waals surface area contributed by atoms with Gasteiger partial charge in [-0.3, -0.25) is 9.69 Å². The summed E-state index contributed by atoms with van der Waals surface area (Å²) in [4.78, 5) is 21.4. The molecule has 2 N–H and O–H groups in total. The summed E-state index contributed by atoms with van der Waals surface area (Å²) in [6.45, 7) is 3.23. The van der Waals surface area contributed by atoms with Crippen LogP contribution in [0.3, 0.4) is 0 Å². The Bertz CT molecular complexity index is 788. The molecular formula is C21H29ClN6O. The molecule has 1 aromatic carbocycles. The van der Waals surface area contributed by atoms with E-state index in [9.17, 15) is 4.79 Å². The molecule has 29 heavy (non-hydrogen) atoms. The SMILES string of the molecule is N[C@H](Cc1ccc(Cl)cc1)C(=O)N1CCN([C@H]2CCCC[C@@H]2n2cncn2)CC1. The Kier molecular flexibility index (Phi) is 6.47. The third-order valence-electron chi connectivity index (χ3n) is 6.25. The van der Waals surface area contributed by atoms with Crippen molar-refractivity contribution in [3.05, 3.63) is 47.5 Å². The normalized spacial score (nSPS) is 24.4. The lowest BCUT2D eigenvalue weighted by Crippen LogP contribution is -2.57. The lowest BCUT2D eigenvalue weighted by atomic mass is 9.89. The first kappa shape index (κ1) is 20.3. The number of amides is 1. The summed E-state index contributed by atoms with van der Waals surface area (Å²) in [5, 5.41) is 5.08. The number of aromatic nitrogens is 3. The van der Waals surface area contributed by atoms with Crippen molar-refractivity contribution in [2.75, 3.05) is 26.2 Å². The number of piperazine rings is 1. The summed E-state index contributed by atoms with van der Waals surface area (Å²) in [5.41, 5.74) is 7.26. The van der Waals surface area contributed by atoms with Crippen molar-refractivity contribution < 1.29 is 4.79 Å². The molecule has 8 heteroatoms. The maximum absolute atomic E-state index is 12.8. The van der Waals surface area contributed by atoms with Crippen molar-refractivity contribution in [3.63, 3.8) is 0 Å². The lowest BCUT2D eigenvalue weighted by molar-refractivity contribution is -0.135. The van der Waals surface area contributed by atoms with Crippen molar-refractivity contribution in [2.24, 2.45) is 5.73 Å². The highest BCUT2D eigenvalue weighted by molar-refractivity contribution is 6.30. The Hall–Kier alpha value is -1.96. The summed E-state index contributed by atoms with van der Waals surface area (Å²) in [7, 11) is 0. The molecule has 2 aromatic rings. The molecule has 2 aliphatic rings. The van der Waals surface area contributed by atoms with Gasteiger partial charge in [0.25, 0.3) is 0 Å². The molecule has 1 saturated heterocycles.